The molecule has 2 aliphatic heterocycles. The first-order valence-corrected chi connectivity index (χ1v) is 12.0. The Morgan fingerprint density at radius 1 is 0.719 bits per heavy atom. The van der Waals surface area contributed by atoms with E-state index in [1.807, 2.05) is 26.0 Å². The van der Waals surface area contributed by atoms with Gasteiger partial charge in [-0.05, 0) is 76.7 Å². The second-order valence-corrected chi connectivity index (χ2v) is 8.24. The molecule has 1 aromatic rings. The highest BCUT2D eigenvalue weighted by Crippen LogP contribution is 2.35. The monoisotopic (exact) mass is 440 g/mol. The van der Waals surface area contributed by atoms with Crippen molar-refractivity contribution in [2.45, 2.75) is 52.4 Å². The zero-order valence-corrected chi connectivity index (χ0v) is 19.5. The summed E-state index contributed by atoms with van der Waals surface area (Å²) in [5.74, 6) is -0.661. The third-order valence-corrected chi connectivity index (χ3v) is 5.94. The molecule has 0 N–H and O–H groups in total. The van der Waals surface area contributed by atoms with Crippen LogP contribution < -0.4 is 9.80 Å². The molecule has 0 bridgehead atoms. The first kappa shape index (κ1) is 23.9. The first-order valence-electron chi connectivity index (χ1n) is 12.0. The van der Waals surface area contributed by atoms with Gasteiger partial charge in [-0.2, -0.15) is 0 Å². The summed E-state index contributed by atoms with van der Waals surface area (Å²) in [6.07, 6.45) is 13.9. The van der Waals surface area contributed by atoms with Gasteiger partial charge in [0, 0.05) is 60.8 Å². The zero-order valence-electron chi connectivity index (χ0n) is 19.5. The van der Waals surface area contributed by atoms with Crippen LogP contribution in [-0.2, 0) is 19.1 Å². The molecule has 2 saturated heterocycles. The molecule has 2 heterocycles. The van der Waals surface area contributed by atoms with Gasteiger partial charge in [-0.3, -0.25) is 0 Å². The van der Waals surface area contributed by atoms with Gasteiger partial charge < -0.3 is 19.3 Å². The van der Waals surface area contributed by atoms with E-state index in [4.69, 9.17) is 9.47 Å². The highest BCUT2D eigenvalue weighted by Gasteiger charge is 2.20. The molecular formula is C26H36N2O4. The average Bonchev–Trinajstić information content (AvgIpc) is 2.83. The number of benzene rings is 1. The van der Waals surface area contributed by atoms with Crippen LogP contribution in [-0.4, -0.2) is 51.3 Å². The van der Waals surface area contributed by atoms with Gasteiger partial charge >= 0.3 is 11.9 Å². The minimum Gasteiger partial charge on any atom is -0.463 e. The van der Waals surface area contributed by atoms with Crippen molar-refractivity contribution >= 4 is 35.5 Å². The molecule has 6 nitrogen and oxygen atoms in total. The van der Waals surface area contributed by atoms with Crippen LogP contribution in [0.5, 0.6) is 0 Å². The van der Waals surface area contributed by atoms with E-state index >= 15 is 0 Å². The summed E-state index contributed by atoms with van der Waals surface area (Å²) in [5.41, 5.74) is 4.20. The number of nitrogens with zero attached hydrogens (tertiary/aromatic N) is 2. The van der Waals surface area contributed by atoms with E-state index in [-0.39, 0.29) is 11.9 Å². The molecule has 0 amide bonds. The normalized spacial score (nSPS) is 17.2. The van der Waals surface area contributed by atoms with Crippen molar-refractivity contribution in [2.24, 2.45) is 0 Å². The molecule has 174 valence electrons. The molecule has 0 aromatic heterocycles. The van der Waals surface area contributed by atoms with E-state index in [1.54, 1.807) is 0 Å². The van der Waals surface area contributed by atoms with E-state index < -0.39 is 0 Å². The van der Waals surface area contributed by atoms with E-state index in [2.05, 4.69) is 21.9 Å². The van der Waals surface area contributed by atoms with Gasteiger partial charge in [0.15, 0.2) is 0 Å². The highest BCUT2D eigenvalue weighted by atomic mass is 16.5. The van der Waals surface area contributed by atoms with Crippen molar-refractivity contribution < 1.29 is 19.1 Å². The van der Waals surface area contributed by atoms with Crippen LogP contribution in [0.2, 0.25) is 0 Å². The molecule has 0 unspecified atom stereocenters. The first-order chi connectivity index (χ1) is 15.6. The number of anilines is 2. The Hall–Kier alpha value is -2.76. The molecule has 2 aliphatic rings. The Morgan fingerprint density at radius 3 is 1.44 bits per heavy atom. The Balaban J connectivity index is 2.04. The Morgan fingerprint density at radius 2 is 1.09 bits per heavy atom. The summed E-state index contributed by atoms with van der Waals surface area (Å²) in [4.78, 5) is 28.8. The summed E-state index contributed by atoms with van der Waals surface area (Å²) in [7, 11) is 0. The minimum atomic E-state index is -0.331. The highest BCUT2D eigenvalue weighted by molar-refractivity contribution is 5.92. The van der Waals surface area contributed by atoms with Gasteiger partial charge in [-0.1, -0.05) is 0 Å². The number of carbonyl (C=O) groups is 2. The molecule has 1 aromatic carbocycles. The lowest BCUT2D eigenvalue weighted by molar-refractivity contribution is -0.138. The van der Waals surface area contributed by atoms with E-state index in [0.717, 1.165) is 74.4 Å². The second kappa shape index (κ2) is 12.3. The number of ether oxygens (including phenoxy) is 2. The number of hydrogen-bond acceptors (Lipinski definition) is 6. The lowest BCUT2D eigenvalue weighted by Gasteiger charge is -2.34. The van der Waals surface area contributed by atoms with Gasteiger partial charge in [-0.25, -0.2) is 9.59 Å². The largest absolute Gasteiger partial charge is 0.463 e. The maximum Gasteiger partial charge on any atom is 0.330 e. The summed E-state index contributed by atoms with van der Waals surface area (Å²) >= 11 is 0. The molecule has 6 heteroatoms. The van der Waals surface area contributed by atoms with Crippen molar-refractivity contribution in [3.63, 3.8) is 0 Å². The van der Waals surface area contributed by atoms with Gasteiger partial charge in [0.05, 0.1) is 13.2 Å². The SMILES string of the molecule is CCOC(=O)/C=C/c1cc(N2CCCCC2)c(/C=C/C(=O)OCC)cc1N1CCCCC1. The summed E-state index contributed by atoms with van der Waals surface area (Å²) in [5, 5.41) is 0. The quantitative estimate of drug-likeness (QED) is 0.427. The summed E-state index contributed by atoms with van der Waals surface area (Å²) in [6.45, 7) is 8.30. The predicted molar refractivity (Wildman–Crippen MR) is 130 cm³/mol. The van der Waals surface area contributed by atoms with Crippen molar-refractivity contribution in [3.8, 4) is 0 Å². The van der Waals surface area contributed by atoms with Crippen LogP contribution in [0.15, 0.2) is 24.3 Å². The van der Waals surface area contributed by atoms with Crippen LogP contribution in [0.25, 0.3) is 12.2 Å². The van der Waals surface area contributed by atoms with Crippen molar-refractivity contribution in [1.82, 2.24) is 0 Å². The fourth-order valence-electron chi connectivity index (χ4n) is 4.39. The summed E-state index contributed by atoms with van der Waals surface area (Å²) < 4.78 is 10.2. The number of esters is 2. The van der Waals surface area contributed by atoms with E-state index in [0.29, 0.717) is 13.2 Å². The standard InChI is InChI=1S/C26H36N2O4/c1-3-31-25(29)13-11-21-19-24(28-17-9-6-10-18-28)22(12-14-26(30)32-4-2)20-23(21)27-15-7-5-8-16-27/h11-14,19-20H,3-10,15-18H2,1-2H3/b13-11+,14-12+. The van der Waals surface area contributed by atoms with Gasteiger partial charge in [-0.15, -0.1) is 0 Å². The molecular weight excluding hydrogens is 404 g/mol. The Bertz CT molecular complexity index is 765. The molecule has 0 atom stereocenters. The third-order valence-electron chi connectivity index (χ3n) is 5.94. The van der Waals surface area contributed by atoms with E-state index in [9.17, 15) is 9.59 Å². The van der Waals surface area contributed by atoms with Crippen LogP contribution >= 0.6 is 0 Å². The van der Waals surface area contributed by atoms with Crippen molar-refractivity contribution in [3.05, 3.63) is 35.4 Å². The fourth-order valence-corrected chi connectivity index (χ4v) is 4.39. The molecule has 3 rings (SSSR count). The average molecular weight is 441 g/mol. The number of hydrogen-bond donors (Lipinski definition) is 0. The molecule has 0 radical (unpaired) electrons. The minimum absolute atomic E-state index is 0.331. The molecule has 0 aliphatic carbocycles. The molecule has 2 fully saturated rings. The maximum absolute atomic E-state index is 12.0. The molecule has 32 heavy (non-hydrogen) atoms. The lowest BCUT2D eigenvalue weighted by Crippen LogP contribution is -2.32. The zero-order chi connectivity index (χ0) is 22.8. The Labute approximate surface area is 191 Å². The van der Waals surface area contributed by atoms with Crippen molar-refractivity contribution in [2.75, 3.05) is 49.2 Å². The van der Waals surface area contributed by atoms with Gasteiger partial charge in [0.25, 0.3) is 0 Å². The second-order valence-electron chi connectivity index (χ2n) is 8.24. The van der Waals surface area contributed by atoms with Crippen LogP contribution in [0, 0.1) is 0 Å². The Kier molecular flexibility index (Phi) is 9.20. The van der Waals surface area contributed by atoms with E-state index in [1.165, 1.54) is 25.0 Å². The van der Waals surface area contributed by atoms with Crippen LogP contribution in [0.1, 0.15) is 63.5 Å². The maximum atomic E-state index is 12.0. The number of carbonyl (C=O) groups excluding carboxylic acids is 2. The molecule has 0 saturated carbocycles. The fraction of sp³-hybridized carbons (Fsp3) is 0.538. The number of rotatable bonds is 8. The molecule has 0 spiro atoms. The smallest absolute Gasteiger partial charge is 0.330 e. The van der Waals surface area contributed by atoms with Gasteiger partial charge in [0.1, 0.15) is 0 Å². The topological polar surface area (TPSA) is 59.1 Å². The third kappa shape index (κ3) is 6.62. The summed E-state index contributed by atoms with van der Waals surface area (Å²) in [6, 6.07) is 4.33. The number of piperidine rings is 2. The van der Waals surface area contributed by atoms with Crippen molar-refractivity contribution in [1.29, 1.82) is 0 Å². The lowest BCUT2D eigenvalue weighted by atomic mass is 10.00. The van der Waals surface area contributed by atoms with Gasteiger partial charge in [0.2, 0.25) is 0 Å². The van der Waals surface area contributed by atoms with Crippen LogP contribution in [0.3, 0.4) is 0 Å². The predicted octanol–water partition coefficient (Wildman–Crippen LogP) is 4.82. The van der Waals surface area contributed by atoms with Crippen LogP contribution in [0.4, 0.5) is 11.4 Å².